The first-order valence-corrected chi connectivity index (χ1v) is 5.05. The molecule has 0 bridgehead atoms. The lowest BCUT2D eigenvalue weighted by molar-refractivity contribution is -0.146. The van der Waals surface area contributed by atoms with E-state index in [0.717, 1.165) is 6.42 Å². The number of nitrogens with zero attached hydrogens (tertiary/aromatic N) is 1. The van der Waals surface area contributed by atoms with Gasteiger partial charge in [0.2, 0.25) is 5.91 Å². The molecule has 0 saturated carbocycles. The number of hydrogen-bond acceptors (Lipinski definition) is 4. The molecule has 0 aliphatic carbocycles. The number of likely N-dealkylation sites (N-methyl/N-ethyl adjacent to an activating group) is 1. The van der Waals surface area contributed by atoms with Gasteiger partial charge in [0.15, 0.2) is 0 Å². The van der Waals surface area contributed by atoms with E-state index in [1.165, 1.54) is 7.11 Å². The lowest BCUT2D eigenvalue weighted by Gasteiger charge is -2.19. The van der Waals surface area contributed by atoms with Gasteiger partial charge < -0.3 is 15.0 Å². The van der Waals surface area contributed by atoms with E-state index in [-0.39, 0.29) is 12.3 Å². The summed E-state index contributed by atoms with van der Waals surface area (Å²) in [4.78, 5) is 24.4. The van der Waals surface area contributed by atoms with E-state index < -0.39 is 12.0 Å². The van der Waals surface area contributed by atoms with Crippen LogP contribution in [0.15, 0.2) is 0 Å². The number of rotatable bonds is 6. The molecule has 0 aromatic rings. The Labute approximate surface area is 90.8 Å². The lowest BCUT2D eigenvalue weighted by Crippen LogP contribution is -2.40. The number of ether oxygens (including phenoxy) is 1. The van der Waals surface area contributed by atoms with E-state index in [9.17, 15) is 9.59 Å². The van der Waals surface area contributed by atoms with Gasteiger partial charge in [0.05, 0.1) is 13.5 Å². The first-order valence-electron chi connectivity index (χ1n) is 5.05. The van der Waals surface area contributed by atoms with Crippen LogP contribution in [0, 0.1) is 0 Å². The normalized spacial score (nSPS) is 12.0. The molecule has 1 atom stereocenters. The summed E-state index contributed by atoms with van der Waals surface area (Å²) in [5.74, 6) is -0.461. The van der Waals surface area contributed by atoms with Crippen LogP contribution in [-0.4, -0.2) is 50.6 Å². The van der Waals surface area contributed by atoms with E-state index in [1.54, 1.807) is 19.0 Å². The van der Waals surface area contributed by atoms with Gasteiger partial charge in [0, 0.05) is 13.6 Å². The Morgan fingerprint density at radius 1 is 1.47 bits per heavy atom. The molecule has 0 unspecified atom stereocenters. The number of nitrogens with one attached hydrogen (secondary N) is 1. The van der Waals surface area contributed by atoms with Gasteiger partial charge in [0.25, 0.3) is 0 Å². The summed E-state index contributed by atoms with van der Waals surface area (Å²) in [5.41, 5.74) is 0. The maximum absolute atomic E-state index is 11.6. The van der Waals surface area contributed by atoms with Gasteiger partial charge >= 0.3 is 5.97 Å². The molecule has 0 rings (SSSR count). The highest BCUT2D eigenvalue weighted by Crippen LogP contribution is 1.99. The number of amides is 1. The second-order valence-electron chi connectivity index (χ2n) is 3.38. The minimum atomic E-state index is -0.554. The van der Waals surface area contributed by atoms with E-state index in [4.69, 9.17) is 0 Å². The summed E-state index contributed by atoms with van der Waals surface area (Å²) in [6.45, 7) is 2.70. The molecule has 0 fully saturated rings. The average molecular weight is 216 g/mol. The van der Waals surface area contributed by atoms with Crippen LogP contribution >= 0.6 is 0 Å². The summed E-state index contributed by atoms with van der Waals surface area (Å²) in [6.07, 6.45) is 1.05. The Morgan fingerprint density at radius 3 is 2.47 bits per heavy atom. The van der Waals surface area contributed by atoms with Crippen LogP contribution in [0.4, 0.5) is 0 Å². The molecule has 1 N–H and O–H groups in total. The first kappa shape index (κ1) is 13.9. The Balaban J connectivity index is 4.17. The molecule has 0 heterocycles. The molecule has 1 amide bonds. The van der Waals surface area contributed by atoms with Crippen LogP contribution in [0.2, 0.25) is 0 Å². The minimum absolute atomic E-state index is 0.0541. The van der Waals surface area contributed by atoms with Crippen molar-refractivity contribution < 1.29 is 14.3 Å². The largest absolute Gasteiger partial charge is 0.468 e. The van der Waals surface area contributed by atoms with E-state index in [1.807, 2.05) is 6.92 Å². The molecule has 0 aromatic carbocycles. The fourth-order valence-electron chi connectivity index (χ4n) is 1.24. The predicted octanol–water partition coefficient (Wildman–Crippen LogP) is 0.00590. The third kappa shape index (κ3) is 4.78. The molecular weight excluding hydrogens is 196 g/mol. The van der Waals surface area contributed by atoms with Gasteiger partial charge in [-0.3, -0.25) is 9.59 Å². The summed E-state index contributed by atoms with van der Waals surface area (Å²) in [7, 11) is 4.68. The fraction of sp³-hybridized carbons (Fsp3) is 0.800. The van der Waals surface area contributed by atoms with Crippen molar-refractivity contribution in [3.05, 3.63) is 0 Å². The second-order valence-corrected chi connectivity index (χ2v) is 3.38. The molecule has 0 aliphatic heterocycles. The number of carbonyl (C=O) groups is 2. The standard InChI is InChI=1S/C10H20N2O3/c1-5-6-12(3)9(13)7-8(11-2)10(14)15-4/h8,11H,5-7H2,1-4H3/t8-/m0/s1. The molecule has 5 nitrogen and oxygen atoms in total. The number of esters is 1. The third-order valence-electron chi connectivity index (χ3n) is 2.20. The van der Waals surface area contributed by atoms with E-state index in [0.29, 0.717) is 6.54 Å². The molecular formula is C10H20N2O3. The van der Waals surface area contributed by atoms with E-state index >= 15 is 0 Å². The molecule has 0 aliphatic rings. The van der Waals surface area contributed by atoms with Gasteiger partial charge in [-0.05, 0) is 13.5 Å². The van der Waals surface area contributed by atoms with Crippen molar-refractivity contribution in [1.82, 2.24) is 10.2 Å². The zero-order valence-corrected chi connectivity index (χ0v) is 9.87. The smallest absolute Gasteiger partial charge is 0.323 e. The van der Waals surface area contributed by atoms with Crippen molar-refractivity contribution in [2.45, 2.75) is 25.8 Å². The molecule has 88 valence electrons. The summed E-state index contributed by atoms with van der Waals surface area (Å²) in [6, 6.07) is -0.554. The Morgan fingerprint density at radius 2 is 2.07 bits per heavy atom. The van der Waals surface area contributed by atoms with Gasteiger partial charge in [-0.1, -0.05) is 6.92 Å². The molecule has 15 heavy (non-hydrogen) atoms. The molecule has 0 spiro atoms. The summed E-state index contributed by atoms with van der Waals surface area (Å²) >= 11 is 0. The van der Waals surface area contributed by atoms with Crippen molar-refractivity contribution in [3.8, 4) is 0 Å². The maximum Gasteiger partial charge on any atom is 0.323 e. The van der Waals surface area contributed by atoms with Gasteiger partial charge in [-0.25, -0.2) is 0 Å². The molecule has 0 radical (unpaired) electrons. The van der Waals surface area contributed by atoms with E-state index in [2.05, 4.69) is 10.1 Å². The lowest BCUT2D eigenvalue weighted by atomic mass is 10.2. The predicted molar refractivity (Wildman–Crippen MR) is 57.4 cm³/mol. The zero-order chi connectivity index (χ0) is 11.8. The number of methoxy groups -OCH3 is 1. The van der Waals surface area contributed by atoms with Gasteiger partial charge in [0.1, 0.15) is 6.04 Å². The van der Waals surface area contributed by atoms with Gasteiger partial charge in [-0.2, -0.15) is 0 Å². The highest BCUT2D eigenvalue weighted by molar-refractivity contribution is 5.85. The third-order valence-corrected chi connectivity index (χ3v) is 2.20. The molecule has 5 heteroatoms. The van der Waals surface area contributed by atoms with Gasteiger partial charge in [-0.15, -0.1) is 0 Å². The molecule has 0 saturated heterocycles. The Bertz CT molecular complexity index is 219. The molecule has 0 aromatic heterocycles. The Hall–Kier alpha value is -1.10. The highest BCUT2D eigenvalue weighted by Gasteiger charge is 2.22. The van der Waals surface area contributed by atoms with Crippen LogP contribution in [0.1, 0.15) is 19.8 Å². The summed E-state index contributed by atoms with van der Waals surface area (Å²) in [5, 5.41) is 2.76. The van der Waals surface area contributed by atoms with Crippen LogP contribution in [0.5, 0.6) is 0 Å². The number of hydrogen-bond donors (Lipinski definition) is 1. The van der Waals surface area contributed by atoms with Crippen LogP contribution in [0.3, 0.4) is 0 Å². The first-order chi connectivity index (χ1) is 7.06. The Kier molecular flexibility index (Phi) is 6.70. The average Bonchev–Trinajstić information content (AvgIpc) is 2.24. The monoisotopic (exact) mass is 216 g/mol. The van der Waals surface area contributed by atoms with Crippen molar-refractivity contribution in [2.75, 3.05) is 27.7 Å². The fourth-order valence-corrected chi connectivity index (χ4v) is 1.24. The zero-order valence-electron chi connectivity index (χ0n) is 9.87. The van der Waals surface area contributed by atoms with Crippen LogP contribution in [-0.2, 0) is 14.3 Å². The number of carbonyl (C=O) groups excluding carboxylic acids is 2. The van der Waals surface area contributed by atoms with Crippen LogP contribution < -0.4 is 5.32 Å². The summed E-state index contributed by atoms with van der Waals surface area (Å²) < 4.78 is 4.57. The minimum Gasteiger partial charge on any atom is -0.468 e. The van der Waals surface area contributed by atoms with Crippen molar-refractivity contribution >= 4 is 11.9 Å². The highest BCUT2D eigenvalue weighted by atomic mass is 16.5. The topological polar surface area (TPSA) is 58.6 Å². The maximum atomic E-state index is 11.6. The van der Waals surface area contributed by atoms with Crippen molar-refractivity contribution in [2.24, 2.45) is 0 Å². The second kappa shape index (κ2) is 7.23. The SMILES string of the molecule is CCCN(C)C(=O)C[C@H](NC)C(=O)OC. The van der Waals surface area contributed by atoms with Crippen LogP contribution in [0.25, 0.3) is 0 Å². The van der Waals surface area contributed by atoms with Crippen molar-refractivity contribution in [3.63, 3.8) is 0 Å². The van der Waals surface area contributed by atoms with Crippen molar-refractivity contribution in [1.29, 1.82) is 0 Å². The quantitative estimate of drug-likeness (QED) is 0.635.